The van der Waals surface area contributed by atoms with Gasteiger partial charge < -0.3 is 20.3 Å². The summed E-state index contributed by atoms with van der Waals surface area (Å²) in [5, 5.41) is 12.8. The number of piperazine rings is 1. The second kappa shape index (κ2) is 9.07. The third-order valence-corrected chi connectivity index (χ3v) is 4.60. The number of methoxy groups -OCH3 is 1. The smallest absolute Gasteiger partial charge is 0.275 e. The van der Waals surface area contributed by atoms with Crippen molar-refractivity contribution in [1.29, 1.82) is 0 Å². The monoisotopic (exact) mass is 403 g/mol. The van der Waals surface area contributed by atoms with Gasteiger partial charge in [-0.05, 0) is 18.2 Å². The average Bonchev–Trinajstić information content (AvgIpc) is 3.28. The molecule has 0 saturated carbocycles. The maximum atomic E-state index is 12.7. The largest absolute Gasteiger partial charge is 0.495 e. The first kappa shape index (κ1) is 19.4. The molecule has 4 rings (SSSR count). The van der Waals surface area contributed by atoms with E-state index in [0.29, 0.717) is 22.6 Å². The summed E-state index contributed by atoms with van der Waals surface area (Å²) in [6.45, 7) is 3.71. The lowest BCUT2D eigenvalue weighted by molar-refractivity contribution is 0.102. The van der Waals surface area contributed by atoms with E-state index in [1.165, 1.54) is 6.20 Å². The first-order valence-electron chi connectivity index (χ1n) is 9.50. The molecule has 9 heteroatoms. The van der Waals surface area contributed by atoms with E-state index in [2.05, 4.69) is 47.5 Å². The van der Waals surface area contributed by atoms with Gasteiger partial charge in [0.25, 0.3) is 5.91 Å². The zero-order valence-electron chi connectivity index (χ0n) is 16.5. The van der Waals surface area contributed by atoms with Crippen LogP contribution in [0.4, 0.5) is 11.5 Å². The van der Waals surface area contributed by atoms with Gasteiger partial charge in [0.1, 0.15) is 17.3 Å². The van der Waals surface area contributed by atoms with Crippen molar-refractivity contribution in [3.05, 3.63) is 59.8 Å². The molecule has 9 nitrogen and oxygen atoms in total. The Morgan fingerprint density at radius 2 is 2.03 bits per heavy atom. The molecular weight excluding hydrogens is 382 g/mol. The normalized spacial score (nSPS) is 13.3. The van der Waals surface area contributed by atoms with Crippen molar-refractivity contribution in [3.63, 3.8) is 0 Å². The van der Waals surface area contributed by atoms with Crippen molar-refractivity contribution < 1.29 is 9.53 Å². The van der Waals surface area contributed by atoms with Gasteiger partial charge in [0, 0.05) is 37.9 Å². The molecule has 3 aromatic rings. The first-order valence-corrected chi connectivity index (χ1v) is 9.50. The van der Waals surface area contributed by atoms with E-state index in [1.54, 1.807) is 31.8 Å². The summed E-state index contributed by atoms with van der Waals surface area (Å²) in [4.78, 5) is 23.4. The van der Waals surface area contributed by atoms with Crippen LogP contribution in [-0.4, -0.2) is 59.4 Å². The minimum atomic E-state index is -0.336. The Labute approximate surface area is 173 Å². The summed E-state index contributed by atoms with van der Waals surface area (Å²) < 4.78 is 5.14. The minimum absolute atomic E-state index is 0.282. The number of hydrogen-bond acceptors (Lipinski definition) is 7. The highest BCUT2D eigenvalue weighted by Crippen LogP contribution is 2.16. The Hall–Kier alpha value is -3.90. The summed E-state index contributed by atoms with van der Waals surface area (Å²) in [7, 11) is 1.57. The van der Waals surface area contributed by atoms with Gasteiger partial charge in [0.2, 0.25) is 0 Å². The lowest BCUT2D eigenvalue weighted by Gasteiger charge is -2.28. The summed E-state index contributed by atoms with van der Waals surface area (Å²) in [5.41, 5.74) is 2.05. The number of rotatable bonds is 4. The molecule has 3 aromatic heterocycles. The Balaban J connectivity index is 1.45. The van der Waals surface area contributed by atoms with E-state index in [9.17, 15) is 4.79 Å². The fraction of sp³-hybridized carbons (Fsp3) is 0.238. The highest BCUT2D eigenvalue weighted by Gasteiger charge is 2.15. The average molecular weight is 403 g/mol. The Kier molecular flexibility index (Phi) is 5.87. The highest BCUT2D eigenvalue weighted by molar-refractivity contribution is 6.04. The number of H-pyrrole nitrogens is 1. The number of ether oxygens (including phenoxy) is 1. The van der Waals surface area contributed by atoms with Gasteiger partial charge in [-0.2, -0.15) is 5.10 Å². The van der Waals surface area contributed by atoms with E-state index in [4.69, 9.17) is 4.74 Å². The Bertz CT molecular complexity index is 1080. The van der Waals surface area contributed by atoms with Crippen molar-refractivity contribution >= 4 is 17.4 Å². The number of nitrogens with one attached hydrogen (secondary N) is 3. The summed E-state index contributed by atoms with van der Waals surface area (Å²) in [6.07, 6.45) is 6.39. The number of amides is 1. The lowest BCUT2D eigenvalue weighted by Crippen LogP contribution is -2.43. The van der Waals surface area contributed by atoms with Crippen molar-refractivity contribution in [2.45, 2.75) is 0 Å². The predicted octanol–water partition coefficient (Wildman–Crippen LogP) is 1.27. The van der Waals surface area contributed by atoms with Gasteiger partial charge in [-0.3, -0.25) is 14.9 Å². The Morgan fingerprint density at radius 3 is 2.80 bits per heavy atom. The van der Waals surface area contributed by atoms with Crippen LogP contribution in [0.1, 0.15) is 21.6 Å². The van der Waals surface area contributed by atoms with Crippen molar-refractivity contribution in [3.8, 4) is 17.6 Å². The molecule has 1 amide bonds. The van der Waals surface area contributed by atoms with Crippen LogP contribution in [0.15, 0.2) is 43.0 Å². The van der Waals surface area contributed by atoms with Crippen LogP contribution in [0.25, 0.3) is 0 Å². The molecule has 1 saturated heterocycles. The molecule has 3 N–H and O–H groups in total. The van der Waals surface area contributed by atoms with E-state index in [1.807, 2.05) is 12.1 Å². The predicted molar refractivity (Wildman–Crippen MR) is 113 cm³/mol. The molecule has 0 radical (unpaired) electrons. The Morgan fingerprint density at radius 1 is 1.17 bits per heavy atom. The quantitative estimate of drug-likeness (QED) is 0.563. The lowest BCUT2D eigenvalue weighted by atomic mass is 10.2. The number of anilines is 2. The van der Waals surface area contributed by atoms with Gasteiger partial charge in [-0.1, -0.05) is 11.8 Å². The summed E-state index contributed by atoms with van der Waals surface area (Å²) >= 11 is 0. The molecule has 4 heterocycles. The molecule has 0 atom stereocenters. The van der Waals surface area contributed by atoms with Crippen LogP contribution in [0.3, 0.4) is 0 Å². The van der Waals surface area contributed by atoms with Gasteiger partial charge in [0.05, 0.1) is 37.0 Å². The number of pyridine rings is 2. The molecule has 0 unspecified atom stereocenters. The van der Waals surface area contributed by atoms with Gasteiger partial charge >= 0.3 is 0 Å². The van der Waals surface area contributed by atoms with E-state index >= 15 is 0 Å². The molecular formula is C21H21N7O2. The first-order chi connectivity index (χ1) is 14.7. The second-order valence-corrected chi connectivity index (χ2v) is 6.62. The SMILES string of the molecule is COc1cncc(C#Cc2cn[nH]c2C(=O)Nc2ccc(N3CCNCC3)nc2)c1. The maximum absolute atomic E-state index is 12.7. The van der Waals surface area contributed by atoms with Gasteiger partial charge in [-0.15, -0.1) is 0 Å². The van der Waals surface area contributed by atoms with Crippen LogP contribution in [0.2, 0.25) is 0 Å². The number of carbonyl (C=O) groups is 1. The number of aromatic amines is 1. The topological polar surface area (TPSA) is 108 Å². The van der Waals surface area contributed by atoms with Crippen LogP contribution in [-0.2, 0) is 0 Å². The van der Waals surface area contributed by atoms with E-state index in [0.717, 1.165) is 32.0 Å². The summed E-state index contributed by atoms with van der Waals surface area (Å²) in [6, 6.07) is 5.52. The molecule has 1 aliphatic rings. The fourth-order valence-electron chi connectivity index (χ4n) is 3.03. The van der Waals surface area contributed by atoms with E-state index in [-0.39, 0.29) is 11.6 Å². The number of aromatic nitrogens is 4. The van der Waals surface area contributed by atoms with Crippen LogP contribution >= 0.6 is 0 Å². The standard InChI is InChI=1S/C21H21N7O2/c1-30-18-10-15(11-23-14-18)2-3-16-12-25-27-20(16)21(29)26-17-4-5-19(24-13-17)28-8-6-22-7-9-28/h4-5,10-14,22H,6-9H2,1H3,(H,25,27)(H,26,29). The van der Waals surface area contributed by atoms with Crippen molar-refractivity contribution in [1.82, 2.24) is 25.5 Å². The van der Waals surface area contributed by atoms with Gasteiger partial charge in [-0.25, -0.2) is 4.98 Å². The van der Waals surface area contributed by atoms with Crippen molar-refractivity contribution in [2.24, 2.45) is 0 Å². The van der Waals surface area contributed by atoms with E-state index < -0.39 is 0 Å². The number of hydrogen-bond donors (Lipinski definition) is 3. The highest BCUT2D eigenvalue weighted by atomic mass is 16.5. The molecule has 0 spiro atoms. The zero-order valence-corrected chi connectivity index (χ0v) is 16.5. The third-order valence-electron chi connectivity index (χ3n) is 4.60. The third kappa shape index (κ3) is 4.56. The molecule has 152 valence electrons. The second-order valence-electron chi connectivity index (χ2n) is 6.62. The minimum Gasteiger partial charge on any atom is -0.495 e. The summed E-state index contributed by atoms with van der Waals surface area (Å²) in [5.74, 6) is 7.10. The zero-order chi connectivity index (χ0) is 20.8. The fourth-order valence-corrected chi connectivity index (χ4v) is 3.03. The number of nitrogens with zero attached hydrogens (tertiary/aromatic N) is 4. The van der Waals surface area contributed by atoms with Crippen LogP contribution < -0.4 is 20.3 Å². The van der Waals surface area contributed by atoms with Gasteiger partial charge in [0.15, 0.2) is 0 Å². The molecule has 0 bridgehead atoms. The van der Waals surface area contributed by atoms with Crippen LogP contribution in [0.5, 0.6) is 5.75 Å². The molecule has 0 aromatic carbocycles. The molecule has 1 fully saturated rings. The molecule has 0 aliphatic carbocycles. The van der Waals surface area contributed by atoms with Crippen LogP contribution in [0, 0.1) is 11.8 Å². The molecule has 1 aliphatic heterocycles. The number of carbonyl (C=O) groups excluding carboxylic acids is 1. The molecule has 30 heavy (non-hydrogen) atoms. The van der Waals surface area contributed by atoms with Crippen molar-refractivity contribution in [2.75, 3.05) is 43.5 Å². The maximum Gasteiger partial charge on any atom is 0.275 e.